The molecule has 0 aliphatic rings. The number of aromatic amines is 1. The number of H-pyrrole nitrogens is 1. The molecule has 1 aromatic heterocycles. The lowest BCUT2D eigenvalue weighted by Crippen LogP contribution is -2.09. The van der Waals surface area contributed by atoms with Crippen molar-refractivity contribution in [3.63, 3.8) is 0 Å². The number of para-hydroxylation sites is 1. The molecule has 0 fully saturated rings. The summed E-state index contributed by atoms with van der Waals surface area (Å²) in [4.78, 5) is 28.7. The molecule has 1 heterocycles. The van der Waals surface area contributed by atoms with Crippen LogP contribution in [0.2, 0.25) is 0 Å². The first-order valence-electron chi connectivity index (χ1n) is 10.3. The lowest BCUT2D eigenvalue weighted by molar-refractivity contribution is 0.0729. The second-order valence-electron chi connectivity index (χ2n) is 7.48. The molecule has 3 aromatic carbocycles. The number of carbonyl (C=O) groups is 2. The maximum absolute atomic E-state index is 13.2. The van der Waals surface area contributed by atoms with Crippen LogP contribution >= 0.6 is 0 Å². The highest BCUT2D eigenvalue weighted by Gasteiger charge is 2.20. The molecule has 0 atom stereocenters. The Labute approximate surface area is 194 Å². The van der Waals surface area contributed by atoms with Crippen LogP contribution < -0.4 is 9.47 Å². The average Bonchev–Trinajstić information content (AvgIpc) is 3.18. The van der Waals surface area contributed by atoms with Gasteiger partial charge in [-0.2, -0.15) is 5.26 Å². The van der Waals surface area contributed by atoms with Crippen LogP contribution in [-0.2, 0) is 0 Å². The zero-order chi connectivity index (χ0) is 24.2. The van der Waals surface area contributed by atoms with Crippen molar-refractivity contribution in [1.29, 1.82) is 5.26 Å². The molecule has 0 radical (unpaired) electrons. The molecular formula is C27H19FN2O4. The van der Waals surface area contributed by atoms with E-state index in [0.717, 1.165) is 23.0 Å². The van der Waals surface area contributed by atoms with Crippen molar-refractivity contribution in [2.75, 3.05) is 7.11 Å². The van der Waals surface area contributed by atoms with Crippen LogP contribution in [0.4, 0.5) is 4.39 Å². The fourth-order valence-corrected chi connectivity index (χ4v) is 3.62. The highest BCUT2D eigenvalue weighted by molar-refractivity contribution is 6.20. The third-order valence-corrected chi connectivity index (χ3v) is 5.27. The minimum Gasteiger partial charge on any atom is -0.493 e. The van der Waals surface area contributed by atoms with Crippen molar-refractivity contribution in [3.05, 3.63) is 101 Å². The number of ketones is 1. The zero-order valence-corrected chi connectivity index (χ0v) is 18.4. The van der Waals surface area contributed by atoms with Gasteiger partial charge in [-0.25, -0.2) is 9.18 Å². The van der Waals surface area contributed by atoms with E-state index in [4.69, 9.17) is 9.47 Å². The number of esters is 1. The van der Waals surface area contributed by atoms with E-state index >= 15 is 0 Å². The molecule has 4 aromatic rings. The summed E-state index contributed by atoms with van der Waals surface area (Å²) in [5, 5.41) is 10.4. The molecule has 0 spiro atoms. The second kappa shape index (κ2) is 9.43. The standard InChI is InChI=1S/C27H19FN2O4/c1-16-25(21-5-3-4-6-22(21)30-16)26(31)19(15-29)13-17-7-12-23(24(14-17)33-2)34-27(32)18-8-10-20(28)11-9-18/h3-14,30H,1-2H3. The Kier molecular flexibility index (Phi) is 6.24. The molecule has 34 heavy (non-hydrogen) atoms. The van der Waals surface area contributed by atoms with Crippen LogP contribution in [0.15, 0.2) is 72.3 Å². The van der Waals surface area contributed by atoms with Crippen molar-refractivity contribution in [3.8, 4) is 17.6 Å². The van der Waals surface area contributed by atoms with Crippen molar-refractivity contribution >= 4 is 28.7 Å². The van der Waals surface area contributed by atoms with E-state index in [1.54, 1.807) is 19.1 Å². The molecule has 4 rings (SSSR count). The molecule has 0 aliphatic carbocycles. The number of nitrogens with one attached hydrogen (secondary N) is 1. The maximum atomic E-state index is 13.2. The number of methoxy groups -OCH3 is 1. The van der Waals surface area contributed by atoms with Crippen LogP contribution in [0.25, 0.3) is 17.0 Å². The van der Waals surface area contributed by atoms with Crippen LogP contribution in [0.3, 0.4) is 0 Å². The van der Waals surface area contributed by atoms with Gasteiger partial charge in [-0.1, -0.05) is 24.3 Å². The quantitative estimate of drug-likeness (QED) is 0.134. The van der Waals surface area contributed by atoms with Crippen molar-refractivity contribution in [1.82, 2.24) is 4.98 Å². The number of hydrogen-bond donors (Lipinski definition) is 1. The smallest absolute Gasteiger partial charge is 0.343 e. The minimum atomic E-state index is -0.677. The topological polar surface area (TPSA) is 92.2 Å². The number of allylic oxidation sites excluding steroid dienone is 1. The summed E-state index contributed by atoms with van der Waals surface area (Å²) < 4.78 is 23.8. The number of nitrogens with zero attached hydrogens (tertiary/aromatic N) is 1. The third kappa shape index (κ3) is 4.43. The van der Waals surface area contributed by atoms with Crippen molar-refractivity contribution in [2.45, 2.75) is 6.92 Å². The van der Waals surface area contributed by atoms with E-state index in [0.29, 0.717) is 16.8 Å². The van der Waals surface area contributed by atoms with Gasteiger partial charge in [-0.05, 0) is 61.0 Å². The zero-order valence-electron chi connectivity index (χ0n) is 18.4. The summed E-state index contributed by atoms with van der Waals surface area (Å²) in [6.45, 7) is 1.79. The van der Waals surface area contributed by atoms with Gasteiger partial charge in [0.15, 0.2) is 11.5 Å². The second-order valence-corrected chi connectivity index (χ2v) is 7.48. The molecule has 168 valence electrons. The number of halogens is 1. The number of nitriles is 1. The number of benzene rings is 3. The Balaban J connectivity index is 1.63. The molecule has 0 amide bonds. The summed E-state index contributed by atoms with van der Waals surface area (Å²) in [5.74, 6) is -1.16. The van der Waals surface area contributed by atoms with Crippen LogP contribution in [0.1, 0.15) is 32.0 Å². The first-order chi connectivity index (χ1) is 16.4. The van der Waals surface area contributed by atoms with Crippen LogP contribution in [0.5, 0.6) is 11.5 Å². The van der Waals surface area contributed by atoms with Gasteiger partial charge in [-0.3, -0.25) is 4.79 Å². The van der Waals surface area contributed by atoms with Crippen molar-refractivity contribution in [2.24, 2.45) is 0 Å². The number of Topliss-reactive ketones (excluding diaryl/α,β-unsaturated/α-hetero) is 1. The predicted octanol–water partition coefficient (Wildman–Crippen LogP) is 5.63. The van der Waals surface area contributed by atoms with Gasteiger partial charge >= 0.3 is 5.97 Å². The van der Waals surface area contributed by atoms with E-state index in [9.17, 15) is 19.2 Å². The Morgan fingerprint density at radius 2 is 1.76 bits per heavy atom. The summed E-state index contributed by atoms with van der Waals surface area (Å²) >= 11 is 0. The minimum absolute atomic E-state index is 0.0500. The third-order valence-electron chi connectivity index (χ3n) is 5.27. The van der Waals surface area contributed by atoms with Gasteiger partial charge in [0.05, 0.1) is 18.2 Å². The number of carbonyl (C=O) groups excluding carboxylic acids is 2. The molecule has 0 unspecified atom stereocenters. The lowest BCUT2D eigenvalue weighted by atomic mass is 9.99. The highest BCUT2D eigenvalue weighted by Crippen LogP contribution is 2.31. The maximum Gasteiger partial charge on any atom is 0.343 e. The van der Waals surface area contributed by atoms with E-state index in [-0.39, 0.29) is 22.6 Å². The molecule has 0 bridgehead atoms. The van der Waals surface area contributed by atoms with Gasteiger partial charge < -0.3 is 14.5 Å². The van der Waals surface area contributed by atoms with E-state index in [2.05, 4.69) is 4.98 Å². The Morgan fingerprint density at radius 1 is 1.03 bits per heavy atom. The number of ether oxygens (including phenoxy) is 2. The summed E-state index contributed by atoms with van der Waals surface area (Å²) in [5.41, 5.74) is 2.58. The fraction of sp³-hybridized carbons (Fsp3) is 0.0741. The van der Waals surface area contributed by atoms with Gasteiger partial charge in [0, 0.05) is 16.6 Å². The Morgan fingerprint density at radius 3 is 2.47 bits per heavy atom. The Bertz CT molecular complexity index is 1480. The van der Waals surface area contributed by atoms with Gasteiger partial charge in [0.2, 0.25) is 5.78 Å². The molecule has 6 nitrogen and oxygen atoms in total. The molecule has 0 saturated heterocycles. The molecule has 1 N–H and O–H groups in total. The number of aryl methyl sites for hydroxylation is 1. The van der Waals surface area contributed by atoms with Crippen LogP contribution in [0, 0.1) is 24.1 Å². The first-order valence-corrected chi connectivity index (χ1v) is 10.3. The number of aromatic nitrogens is 1. The molecule has 0 aliphatic heterocycles. The van der Waals surface area contributed by atoms with E-state index < -0.39 is 17.6 Å². The molecular weight excluding hydrogens is 435 g/mol. The van der Waals surface area contributed by atoms with Crippen molar-refractivity contribution < 1.29 is 23.5 Å². The van der Waals surface area contributed by atoms with Gasteiger partial charge in [-0.15, -0.1) is 0 Å². The summed E-state index contributed by atoms with van der Waals surface area (Å²) in [7, 11) is 1.41. The predicted molar refractivity (Wildman–Crippen MR) is 125 cm³/mol. The average molecular weight is 454 g/mol. The number of fused-ring (bicyclic) bond motifs is 1. The largest absolute Gasteiger partial charge is 0.493 e. The van der Waals surface area contributed by atoms with E-state index in [1.807, 2.05) is 30.3 Å². The van der Waals surface area contributed by atoms with E-state index in [1.165, 1.54) is 31.4 Å². The van der Waals surface area contributed by atoms with Gasteiger partial charge in [0.1, 0.15) is 17.5 Å². The highest BCUT2D eigenvalue weighted by atomic mass is 19.1. The Hall–Kier alpha value is -4.70. The van der Waals surface area contributed by atoms with Crippen LogP contribution in [-0.4, -0.2) is 23.8 Å². The fourth-order valence-electron chi connectivity index (χ4n) is 3.62. The molecule has 7 heteroatoms. The summed E-state index contributed by atoms with van der Waals surface area (Å²) in [6.07, 6.45) is 1.46. The first kappa shape index (κ1) is 22.5. The monoisotopic (exact) mass is 454 g/mol. The SMILES string of the molecule is COc1cc(C=C(C#N)C(=O)c2c(C)[nH]c3ccccc23)ccc1OC(=O)c1ccc(F)cc1. The van der Waals surface area contributed by atoms with Gasteiger partial charge in [0.25, 0.3) is 0 Å². The lowest BCUT2D eigenvalue weighted by Gasteiger charge is -2.10. The summed E-state index contributed by atoms with van der Waals surface area (Å²) in [6, 6.07) is 19.0. The number of rotatable bonds is 6. The molecule has 0 saturated carbocycles. The number of hydrogen-bond acceptors (Lipinski definition) is 5. The normalized spacial score (nSPS) is 11.2.